The fourth-order valence-corrected chi connectivity index (χ4v) is 3.46. The van der Waals surface area contributed by atoms with Gasteiger partial charge in [0.25, 0.3) is 5.91 Å². The summed E-state index contributed by atoms with van der Waals surface area (Å²) in [5, 5.41) is 3.00. The van der Waals surface area contributed by atoms with Crippen LogP contribution in [-0.4, -0.2) is 15.9 Å². The van der Waals surface area contributed by atoms with Gasteiger partial charge in [-0.3, -0.25) is 4.79 Å². The van der Waals surface area contributed by atoms with E-state index in [-0.39, 0.29) is 23.7 Å². The molecule has 0 radical (unpaired) electrons. The highest BCUT2D eigenvalue weighted by atomic mass is 19.1. The van der Waals surface area contributed by atoms with Crippen LogP contribution in [0.2, 0.25) is 0 Å². The van der Waals surface area contributed by atoms with Crippen molar-refractivity contribution in [1.29, 1.82) is 0 Å². The molecule has 4 rings (SSSR count). The molecule has 2 heterocycles. The zero-order chi connectivity index (χ0) is 18.3. The molecule has 1 atom stereocenters. The van der Waals surface area contributed by atoms with E-state index in [0.717, 1.165) is 16.7 Å². The van der Waals surface area contributed by atoms with Crippen LogP contribution in [0.15, 0.2) is 48.5 Å². The first-order valence-electron chi connectivity index (χ1n) is 8.31. The van der Waals surface area contributed by atoms with E-state index in [9.17, 15) is 9.18 Å². The molecule has 26 heavy (non-hydrogen) atoms. The number of fused-ring (bicyclic) bond motifs is 1. The molecule has 0 bridgehead atoms. The highest BCUT2D eigenvalue weighted by Gasteiger charge is 2.30. The number of aromatic nitrogens is 2. The van der Waals surface area contributed by atoms with Gasteiger partial charge in [-0.2, -0.15) is 0 Å². The maximum absolute atomic E-state index is 13.9. The Morgan fingerprint density at radius 3 is 2.69 bits per heavy atom. The Hall–Kier alpha value is -3.28. The minimum atomic E-state index is -0.322. The van der Waals surface area contributed by atoms with Crippen LogP contribution < -0.4 is 11.1 Å². The van der Waals surface area contributed by atoms with Gasteiger partial charge in [0.1, 0.15) is 5.82 Å². The Kier molecular flexibility index (Phi) is 3.88. The quantitative estimate of drug-likeness (QED) is 0.745. The van der Waals surface area contributed by atoms with Gasteiger partial charge < -0.3 is 11.1 Å². The van der Waals surface area contributed by atoms with Crippen molar-refractivity contribution in [3.05, 3.63) is 76.9 Å². The van der Waals surface area contributed by atoms with Crippen LogP contribution in [0.25, 0.3) is 11.1 Å². The minimum Gasteiger partial charge on any atom is -0.368 e. The van der Waals surface area contributed by atoms with Crippen LogP contribution in [0.4, 0.5) is 10.3 Å². The Morgan fingerprint density at radius 2 is 1.92 bits per heavy atom. The van der Waals surface area contributed by atoms with Crippen LogP contribution >= 0.6 is 0 Å². The van der Waals surface area contributed by atoms with Crippen LogP contribution in [0.1, 0.15) is 33.4 Å². The van der Waals surface area contributed by atoms with Gasteiger partial charge in [-0.1, -0.05) is 36.4 Å². The molecular weight excluding hydrogens is 331 g/mol. The number of hydrogen-bond donors (Lipinski definition) is 2. The maximum atomic E-state index is 13.9. The van der Waals surface area contributed by atoms with Crippen molar-refractivity contribution in [3.8, 4) is 11.1 Å². The average Bonchev–Trinajstić information content (AvgIpc) is 2.61. The van der Waals surface area contributed by atoms with E-state index in [1.165, 1.54) is 12.1 Å². The molecule has 1 aromatic heterocycles. The number of carbonyl (C=O) groups is 1. The van der Waals surface area contributed by atoms with Crippen molar-refractivity contribution in [2.45, 2.75) is 19.4 Å². The molecule has 3 aromatic rings. The van der Waals surface area contributed by atoms with Crippen molar-refractivity contribution >= 4 is 11.9 Å². The molecule has 0 saturated carbocycles. The lowest BCUT2D eigenvalue weighted by Gasteiger charge is -2.27. The third-order valence-electron chi connectivity index (χ3n) is 4.59. The number of amides is 1. The van der Waals surface area contributed by atoms with Crippen molar-refractivity contribution in [2.24, 2.45) is 0 Å². The van der Waals surface area contributed by atoms with Gasteiger partial charge in [-0.25, -0.2) is 14.4 Å². The van der Waals surface area contributed by atoms with Gasteiger partial charge >= 0.3 is 0 Å². The van der Waals surface area contributed by atoms with E-state index in [4.69, 9.17) is 5.73 Å². The molecule has 1 aliphatic rings. The number of hydrogen-bond acceptors (Lipinski definition) is 4. The summed E-state index contributed by atoms with van der Waals surface area (Å²) in [4.78, 5) is 20.9. The Bertz CT molecular complexity index is 1000. The van der Waals surface area contributed by atoms with Gasteiger partial charge in [-0.15, -0.1) is 0 Å². The maximum Gasteiger partial charge on any atom is 0.255 e. The lowest BCUT2D eigenvalue weighted by Crippen LogP contribution is -2.37. The van der Waals surface area contributed by atoms with Gasteiger partial charge in [0.2, 0.25) is 5.95 Å². The van der Waals surface area contributed by atoms with Crippen molar-refractivity contribution in [3.63, 3.8) is 0 Å². The fourth-order valence-electron chi connectivity index (χ4n) is 3.46. The summed E-state index contributed by atoms with van der Waals surface area (Å²) >= 11 is 0. The van der Waals surface area contributed by atoms with E-state index in [2.05, 4.69) is 15.3 Å². The Morgan fingerprint density at radius 1 is 1.15 bits per heavy atom. The summed E-state index contributed by atoms with van der Waals surface area (Å²) in [5.74, 6) is -0.410. The number of nitrogens with zero attached hydrogens (tertiary/aromatic N) is 2. The van der Waals surface area contributed by atoms with Gasteiger partial charge in [0.05, 0.1) is 23.0 Å². The number of nitrogens with one attached hydrogen (secondary N) is 1. The summed E-state index contributed by atoms with van der Waals surface area (Å²) < 4.78 is 13.9. The van der Waals surface area contributed by atoms with Crippen molar-refractivity contribution < 1.29 is 9.18 Å². The SMILES string of the molecule is Cc1nc(N)nc2c1C(=O)N[C@@H](c1ccc(F)cc1-c1ccccc1)C2. The molecule has 0 fully saturated rings. The molecule has 1 aliphatic heterocycles. The van der Waals surface area contributed by atoms with E-state index in [0.29, 0.717) is 23.4 Å². The second-order valence-corrected chi connectivity index (χ2v) is 6.32. The summed E-state index contributed by atoms with van der Waals surface area (Å²) in [6.45, 7) is 1.74. The van der Waals surface area contributed by atoms with Gasteiger partial charge in [0.15, 0.2) is 0 Å². The molecular formula is C20H17FN4O. The minimum absolute atomic E-state index is 0.150. The molecule has 0 aliphatic carbocycles. The number of halogens is 1. The number of benzene rings is 2. The second-order valence-electron chi connectivity index (χ2n) is 6.32. The summed E-state index contributed by atoms with van der Waals surface area (Å²) in [6.07, 6.45) is 0.472. The fraction of sp³-hybridized carbons (Fsp3) is 0.150. The topological polar surface area (TPSA) is 80.9 Å². The first-order valence-corrected chi connectivity index (χ1v) is 8.31. The number of rotatable bonds is 2. The predicted molar refractivity (Wildman–Crippen MR) is 96.9 cm³/mol. The molecule has 2 aromatic carbocycles. The van der Waals surface area contributed by atoms with Crippen LogP contribution in [0, 0.1) is 12.7 Å². The summed E-state index contributed by atoms with van der Waals surface area (Å²) in [7, 11) is 0. The lowest BCUT2D eigenvalue weighted by molar-refractivity contribution is 0.0922. The monoisotopic (exact) mass is 348 g/mol. The normalized spacial score (nSPS) is 16.1. The summed E-state index contributed by atoms with van der Waals surface area (Å²) in [6, 6.07) is 13.8. The lowest BCUT2D eigenvalue weighted by atomic mass is 9.89. The van der Waals surface area contributed by atoms with E-state index >= 15 is 0 Å². The van der Waals surface area contributed by atoms with Crippen LogP contribution in [-0.2, 0) is 6.42 Å². The third-order valence-corrected chi connectivity index (χ3v) is 4.59. The molecule has 0 saturated heterocycles. The standard InChI is InChI=1S/C20H17FN4O/c1-11-18-17(25-20(22)23-11)10-16(24-19(18)26)14-8-7-13(21)9-15(14)12-5-3-2-4-6-12/h2-9,16H,10H2,1H3,(H,24,26)(H2,22,23,25)/t16-/m1/s1. The molecule has 6 heteroatoms. The second kappa shape index (κ2) is 6.22. The zero-order valence-corrected chi connectivity index (χ0v) is 14.2. The molecule has 5 nitrogen and oxygen atoms in total. The van der Waals surface area contributed by atoms with Crippen LogP contribution in [0.5, 0.6) is 0 Å². The first kappa shape index (κ1) is 16.2. The largest absolute Gasteiger partial charge is 0.368 e. The summed E-state index contributed by atoms with van der Waals surface area (Å²) in [5.41, 5.74) is 9.88. The third kappa shape index (κ3) is 2.79. The molecule has 130 valence electrons. The molecule has 1 amide bonds. The van der Waals surface area contributed by atoms with E-state index in [1.54, 1.807) is 13.0 Å². The van der Waals surface area contributed by atoms with Crippen molar-refractivity contribution in [2.75, 3.05) is 5.73 Å². The molecule has 3 N–H and O–H groups in total. The van der Waals surface area contributed by atoms with E-state index < -0.39 is 0 Å². The molecule has 0 spiro atoms. The van der Waals surface area contributed by atoms with Gasteiger partial charge in [0, 0.05) is 6.42 Å². The van der Waals surface area contributed by atoms with E-state index in [1.807, 2.05) is 30.3 Å². The Labute approximate surface area is 150 Å². The number of nitrogen functional groups attached to an aromatic ring is 1. The van der Waals surface area contributed by atoms with Gasteiger partial charge in [-0.05, 0) is 35.7 Å². The zero-order valence-electron chi connectivity index (χ0n) is 14.2. The molecule has 0 unspecified atom stereocenters. The van der Waals surface area contributed by atoms with Crippen LogP contribution in [0.3, 0.4) is 0 Å². The highest BCUT2D eigenvalue weighted by Crippen LogP contribution is 2.33. The average molecular weight is 348 g/mol. The van der Waals surface area contributed by atoms with Crippen molar-refractivity contribution in [1.82, 2.24) is 15.3 Å². The number of aryl methyl sites for hydroxylation is 1. The number of anilines is 1. The number of nitrogens with two attached hydrogens (primary N) is 1. The smallest absolute Gasteiger partial charge is 0.255 e. The number of carbonyl (C=O) groups excluding carboxylic acids is 1. The first-order chi connectivity index (χ1) is 12.5. The Balaban J connectivity index is 1.81. The highest BCUT2D eigenvalue weighted by molar-refractivity contribution is 5.98. The predicted octanol–water partition coefficient (Wildman–Crippen LogP) is 3.20.